The Morgan fingerprint density at radius 3 is 2.89 bits per heavy atom. The lowest BCUT2D eigenvalue weighted by Crippen LogP contribution is -2.00. The highest BCUT2D eigenvalue weighted by atomic mass is 32.1. The van der Waals surface area contributed by atoms with Crippen molar-refractivity contribution in [3.8, 4) is 10.6 Å². The minimum absolute atomic E-state index is 0.0673. The molecule has 1 heterocycles. The Hall–Kier alpha value is -1.82. The number of hydrogen-bond donors (Lipinski definition) is 0. The normalized spacial score (nSPS) is 10.7. The van der Waals surface area contributed by atoms with Crippen LogP contribution in [0.1, 0.15) is 22.5 Å². The van der Waals surface area contributed by atoms with Crippen LogP contribution in [0.25, 0.3) is 10.6 Å². The molecule has 0 unspecified atom stereocenters. The molecule has 2 aromatic rings. The molecule has 0 saturated carbocycles. The second kappa shape index (κ2) is 5.22. The molecule has 0 saturated heterocycles. The van der Waals surface area contributed by atoms with E-state index in [0.29, 0.717) is 10.6 Å². The molecule has 0 radical (unpaired) electrons. The zero-order valence-electron chi connectivity index (χ0n) is 9.39. The first-order chi connectivity index (χ1) is 8.61. The summed E-state index contributed by atoms with van der Waals surface area (Å²) in [7, 11) is 1.26. The molecule has 0 N–H and O–H groups in total. The Labute approximate surface area is 106 Å². The van der Waals surface area contributed by atoms with E-state index < -0.39 is 12.4 Å². The van der Waals surface area contributed by atoms with Crippen LogP contribution in [-0.4, -0.2) is 18.1 Å². The van der Waals surface area contributed by atoms with Crippen LogP contribution in [0.5, 0.6) is 0 Å². The number of alkyl halides is 2. The van der Waals surface area contributed by atoms with Crippen LogP contribution < -0.4 is 0 Å². The summed E-state index contributed by atoms with van der Waals surface area (Å²) in [6, 6.07) is 5.93. The molecule has 0 spiro atoms. The van der Waals surface area contributed by atoms with Gasteiger partial charge in [-0.2, -0.15) is 0 Å². The molecule has 1 aromatic carbocycles. The van der Waals surface area contributed by atoms with Crippen LogP contribution in [0.3, 0.4) is 0 Å². The van der Waals surface area contributed by atoms with Gasteiger partial charge in [0.15, 0.2) is 5.69 Å². The first kappa shape index (κ1) is 12.6. The van der Waals surface area contributed by atoms with E-state index in [1.165, 1.54) is 42.0 Å². The molecular weight excluding hydrogens is 260 g/mol. The molecule has 0 amide bonds. The summed E-state index contributed by atoms with van der Waals surface area (Å²) in [4.78, 5) is 15.3. The van der Waals surface area contributed by atoms with Crippen molar-refractivity contribution < 1.29 is 18.3 Å². The van der Waals surface area contributed by atoms with Crippen molar-refractivity contribution in [2.75, 3.05) is 7.11 Å². The van der Waals surface area contributed by atoms with Crippen molar-refractivity contribution in [2.24, 2.45) is 0 Å². The van der Waals surface area contributed by atoms with Gasteiger partial charge in [-0.05, 0) is 6.07 Å². The zero-order chi connectivity index (χ0) is 13.1. The highest BCUT2D eigenvalue weighted by Crippen LogP contribution is 2.28. The van der Waals surface area contributed by atoms with Crippen LogP contribution in [-0.2, 0) is 4.74 Å². The third-order valence-electron chi connectivity index (χ3n) is 2.28. The van der Waals surface area contributed by atoms with Crippen molar-refractivity contribution in [1.29, 1.82) is 0 Å². The van der Waals surface area contributed by atoms with Gasteiger partial charge in [0.25, 0.3) is 6.43 Å². The Morgan fingerprint density at radius 1 is 1.44 bits per heavy atom. The number of hydrogen-bond acceptors (Lipinski definition) is 4. The predicted molar refractivity (Wildman–Crippen MR) is 63.8 cm³/mol. The molecule has 0 atom stereocenters. The van der Waals surface area contributed by atoms with Gasteiger partial charge in [-0.25, -0.2) is 18.6 Å². The molecule has 6 heteroatoms. The van der Waals surface area contributed by atoms with Crippen LogP contribution in [0.15, 0.2) is 29.6 Å². The van der Waals surface area contributed by atoms with Crippen LogP contribution in [0, 0.1) is 0 Å². The van der Waals surface area contributed by atoms with Gasteiger partial charge in [0.05, 0.1) is 7.11 Å². The first-order valence-corrected chi connectivity index (χ1v) is 5.92. The fourth-order valence-corrected chi connectivity index (χ4v) is 2.20. The topological polar surface area (TPSA) is 39.2 Å². The minimum Gasteiger partial charge on any atom is -0.464 e. The van der Waals surface area contributed by atoms with Gasteiger partial charge in [-0.1, -0.05) is 18.2 Å². The van der Waals surface area contributed by atoms with Crippen molar-refractivity contribution in [1.82, 2.24) is 4.98 Å². The van der Waals surface area contributed by atoms with Crippen LogP contribution in [0.4, 0.5) is 8.78 Å². The molecule has 2 rings (SSSR count). The molecule has 18 heavy (non-hydrogen) atoms. The quantitative estimate of drug-likeness (QED) is 0.800. The van der Waals surface area contributed by atoms with Crippen LogP contribution >= 0.6 is 11.3 Å². The third-order valence-corrected chi connectivity index (χ3v) is 3.18. The summed E-state index contributed by atoms with van der Waals surface area (Å²) in [6.07, 6.45) is -2.52. The van der Waals surface area contributed by atoms with Gasteiger partial charge >= 0.3 is 5.97 Å². The molecule has 1 aromatic heterocycles. The summed E-state index contributed by atoms with van der Waals surface area (Å²) >= 11 is 1.21. The summed E-state index contributed by atoms with van der Waals surface area (Å²) in [5.41, 5.74) is 0.676. The third kappa shape index (κ3) is 2.53. The lowest BCUT2D eigenvalue weighted by molar-refractivity contribution is 0.0595. The van der Waals surface area contributed by atoms with E-state index in [9.17, 15) is 13.6 Å². The Balaban J connectivity index is 2.34. The van der Waals surface area contributed by atoms with E-state index in [1.54, 1.807) is 6.07 Å². The van der Waals surface area contributed by atoms with Gasteiger partial charge < -0.3 is 4.74 Å². The maximum absolute atomic E-state index is 12.6. The molecule has 94 valence electrons. The second-order valence-corrected chi connectivity index (χ2v) is 4.31. The predicted octanol–water partition coefficient (Wildman–Crippen LogP) is 3.53. The van der Waals surface area contributed by atoms with Crippen molar-refractivity contribution in [3.05, 3.63) is 40.9 Å². The average Bonchev–Trinajstić information content (AvgIpc) is 2.87. The maximum atomic E-state index is 12.6. The van der Waals surface area contributed by atoms with Crippen molar-refractivity contribution in [3.63, 3.8) is 0 Å². The van der Waals surface area contributed by atoms with E-state index in [0.717, 1.165) is 0 Å². The second-order valence-electron chi connectivity index (χ2n) is 3.46. The average molecular weight is 269 g/mol. The lowest BCUT2D eigenvalue weighted by Gasteiger charge is -2.01. The van der Waals surface area contributed by atoms with E-state index in [2.05, 4.69) is 9.72 Å². The summed E-state index contributed by atoms with van der Waals surface area (Å²) in [6.45, 7) is 0. The number of ether oxygens (including phenoxy) is 1. The fourth-order valence-electron chi connectivity index (χ4n) is 1.41. The van der Waals surface area contributed by atoms with Crippen LogP contribution in [0.2, 0.25) is 0 Å². The van der Waals surface area contributed by atoms with E-state index >= 15 is 0 Å². The lowest BCUT2D eigenvalue weighted by atomic mass is 10.1. The van der Waals surface area contributed by atoms with Crippen molar-refractivity contribution in [2.45, 2.75) is 6.43 Å². The van der Waals surface area contributed by atoms with Gasteiger partial charge in [-0.3, -0.25) is 0 Å². The fraction of sp³-hybridized carbons (Fsp3) is 0.167. The molecule has 0 bridgehead atoms. The number of nitrogens with zero attached hydrogens (tertiary/aromatic N) is 1. The number of thiazole rings is 1. The molecule has 0 aliphatic heterocycles. The number of halogens is 2. The van der Waals surface area contributed by atoms with Gasteiger partial charge in [0.1, 0.15) is 5.01 Å². The Bertz CT molecular complexity index is 569. The van der Waals surface area contributed by atoms with E-state index in [4.69, 9.17) is 0 Å². The van der Waals surface area contributed by atoms with Crippen molar-refractivity contribution >= 4 is 17.3 Å². The number of rotatable bonds is 3. The van der Waals surface area contributed by atoms with Gasteiger partial charge in [0.2, 0.25) is 0 Å². The maximum Gasteiger partial charge on any atom is 0.357 e. The zero-order valence-corrected chi connectivity index (χ0v) is 10.2. The smallest absolute Gasteiger partial charge is 0.357 e. The summed E-state index contributed by atoms with van der Waals surface area (Å²) < 4.78 is 29.7. The SMILES string of the molecule is COC(=O)c1csc(-c2cccc(C(F)F)c2)n1. The number of methoxy groups -OCH3 is 1. The highest BCUT2D eigenvalue weighted by molar-refractivity contribution is 7.13. The number of aromatic nitrogens is 1. The molecule has 3 nitrogen and oxygen atoms in total. The number of esters is 1. The molecule has 0 fully saturated rings. The number of carbonyl (C=O) groups is 1. The largest absolute Gasteiger partial charge is 0.464 e. The Kier molecular flexibility index (Phi) is 3.66. The summed E-state index contributed by atoms with van der Waals surface area (Å²) in [5, 5.41) is 2.05. The number of carbonyl (C=O) groups excluding carboxylic acids is 1. The molecule has 0 aliphatic carbocycles. The highest BCUT2D eigenvalue weighted by Gasteiger charge is 2.13. The molecule has 0 aliphatic rings. The first-order valence-electron chi connectivity index (χ1n) is 5.04. The number of benzene rings is 1. The minimum atomic E-state index is -2.52. The van der Waals surface area contributed by atoms with E-state index in [-0.39, 0.29) is 11.3 Å². The standard InChI is InChI=1S/C12H9F2NO2S/c1-17-12(16)9-6-18-11(15-9)8-4-2-3-7(5-8)10(13)14/h2-6,10H,1H3. The van der Waals surface area contributed by atoms with E-state index in [1.807, 2.05) is 0 Å². The monoisotopic (exact) mass is 269 g/mol. The summed E-state index contributed by atoms with van der Waals surface area (Å²) in [5.74, 6) is -0.539. The van der Waals surface area contributed by atoms with Gasteiger partial charge in [0, 0.05) is 16.5 Å². The Morgan fingerprint density at radius 2 is 2.22 bits per heavy atom. The molecular formula is C12H9F2NO2S. The van der Waals surface area contributed by atoms with Gasteiger partial charge in [-0.15, -0.1) is 11.3 Å².